The van der Waals surface area contributed by atoms with Crippen LogP contribution in [0, 0.1) is 0 Å². The summed E-state index contributed by atoms with van der Waals surface area (Å²) in [5.74, 6) is 0. The Bertz CT molecular complexity index is 441. The van der Waals surface area contributed by atoms with Gasteiger partial charge in [0.15, 0.2) is 0 Å². The van der Waals surface area contributed by atoms with Crippen LogP contribution in [0.4, 0.5) is 0 Å². The lowest BCUT2D eigenvalue weighted by atomic mass is 10.0. The maximum Gasteiger partial charge on any atom is 0.103 e. The third-order valence-electron chi connectivity index (χ3n) is 2.77. The molecule has 17 heavy (non-hydrogen) atoms. The van der Waals surface area contributed by atoms with Crippen molar-refractivity contribution in [2.75, 3.05) is 7.11 Å². The fourth-order valence-corrected chi connectivity index (χ4v) is 2.27. The minimum atomic E-state index is -0.177. The Morgan fingerprint density at radius 1 is 0.824 bits per heavy atom. The van der Waals surface area contributed by atoms with Crippen LogP contribution in [0.3, 0.4) is 0 Å². The lowest BCUT2D eigenvalue weighted by Gasteiger charge is -2.21. The average molecular weight is 247 g/mol. The molecule has 0 aliphatic heterocycles. The van der Waals surface area contributed by atoms with Crippen molar-refractivity contribution in [3.63, 3.8) is 0 Å². The zero-order valence-electron chi connectivity index (χ0n) is 9.71. The van der Waals surface area contributed by atoms with Gasteiger partial charge in [0.25, 0.3) is 0 Å². The molecule has 0 saturated carbocycles. The summed E-state index contributed by atoms with van der Waals surface area (Å²) in [6, 6.07) is 20.1. The van der Waals surface area contributed by atoms with Gasteiger partial charge >= 0.3 is 0 Å². The van der Waals surface area contributed by atoms with E-state index < -0.39 is 0 Å². The van der Waals surface area contributed by atoms with E-state index in [9.17, 15) is 0 Å². The Balaban J connectivity index is 2.25. The summed E-state index contributed by atoms with van der Waals surface area (Å²) < 4.78 is 5.52. The molecule has 2 atom stereocenters. The van der Waals surface area contributed by atoms with Gasteiger partial charge in [-0.15, -0.1) is 11.6 Å². The summed E-state index contributed by atoms with van der Waals surface area (Å²) in [6.07, 6.45) is -0.125. The highest BCUT2D eigenvalue weighted by Gasteiger charge is 2.21. The van der Waals surface area contributed by atoms with Crippen LogP contribution in [0.1, 0.15) is 22.6 Å². The van der Waals surface area contributed by atoms with Gasteiger partial charge in [0, 0.05) is 7.11 Å². The maximum atomic E-state index is 6.48. The first-order valence-corrected chi connectivity index (χ1v) is 6.03. The summed E-state index contributed by atoms with van der Waals surface area (Å²) in [5, 5.41) is -0.177. The number of ether oxygens (including phenoxy) is 1. The molecule has 0 unspecified atom stereocenters. The van der Waals surface area contributed by atoms with Gasteiger partial charge in [-0.2, -0.15) is 0 Å². The highest BCUT2D eigenvalue weighted by atomic mass is 35.5. The summed E-state index contributed by atoms with van der Waals surface area (Å²) >= 11 is 6.48. The molecule has 0 fully saturated rings. The first kappa shape index (κ1) is 12.2. The van der Waals surface area contributed by atoms with Crippen molar-refractivity contribution in [2.24, 2.45) is 0 Å². The van der Waals surface area contributed by atoms with E-state index in [4.69, 9.17) is 16.3 Å². The second kappa shape index (κ2) is 5.85. The molecule has 2 rings (SSSR count). The lowest BCUT2D eigenvalue weighted by molar-refractivity contribution is 0.0992. The molecule has 0 N–H and O–H groups in total. The van der Waals surface area contributed by atoms with Crippen molar-refractivity contribution in [1.29, 1.82) is 0 Å². The molecule has 0 aliphatic carbocycles. The van der Waals surface area contributed by atoms with Crippen LogP contribution in [0.2, 0.25) is 0 Å². The van der Waals surface area contributed by atoms with Gasteiger partial charge in [-0.3, -0.25) is 0 Å². The number of methoxy groups -OCH3 is 1. The monoisotopic (exact) mass is 246 g/mol. The Morgan fingerprint density at radius 2 is 1.29 bits per heavy atom. The molecular formula is C15H15ClO. The van der Waals surface area contributed by atoms with Crippen molar-refractivity contribution in [3.05, 3.63) is 71.8 Å². The van der Waals surface area contributed by atoms with Gasteiger partial charge in [-0.05, 0) is 11.1 Å². The van der Waals surface area contributed by atoms with E-state index in [1.54, 1.807) is 7.11 Å². The zero-order valence-corrected chi connectivity index (χ0v) is 10.5. The van der Waals surface area contributed by atoms with E-state index >= 15 is 0 Å². The predicted molar refractivity (Wildman–Crippen MR) is 71.2 cm³/mol. The fourth-order valence-electron chi connectivity index (χ4n) is 1.88. The molecule has 1 nitrogen and oxygen atoms in total. The Hall–Kier alpha value is -1.31. The molecule has 2 aromatic carbocycles. The number of alkyl halides is 1. The summed E-state index contributed by atoms with van der Waals surface area (Å²) in [7, 11) is 1.69. The number of hydrogen-bond donors (Lipinski definition) is 0. The van der Waals surface area contributed by atoms with Gasteiger partial charge < -0.3 is 4.74 Å². The molecule has 0 heterocycles. The van der Waals surface area contributed by atoms with E-state index in [0.29, 0.717) is 0 Å². The van der Waals surface area contributed by atoms with E-state index in [2.05, 4.69) is 0 Å². The molecule has 0 saturated heterocycles. The highest BCUT2D eigenvalue weighted by Crippen LogP contribution is 2.36. The molecule has 88 valence electrons. The minimum Gasteiger partial charge on any atom is -0.375 e. The topological polar surface area (TPSA) is 9.23 Å². The van der Waals surface area contributed by atoms with Crippen LogP contribution in [0.25, 0.3) is 0 Å². The fraction of sp³-hybridized carbons (Fsp3) is 0.200. The van der Waals surface area contributed by atoms with E-state index in [-0.39, 0.29) is 11.5 Å². The molecular weight excluding hydrogens is 232 g/mol. The molecule has 0 aliphatic rings. The van der Waals surface area contributed by atoms with E-state index in [0.717, 1.165) is 11.1 Å². The summed E-state index contributed by atoms with van der Waals surface area (Å²) in [5.41, 5.74) is 2.17. The van der Waals surface area contributed by atoms with Crippen molar-refractivity contribution in [1.82, 2.24) is 0 Å². The van der Waals surface area contributed by atoms with Crippen LogP contribution < -0.4 is 0 Å². The molecule has 0 radical (unpaired) electrons. The zero-order chi connectivity index (χ0) is 12.1. The van der Waals surface area contributed by atoms with Crippen molar-refractivity contribution >= 4 is 11.6 Å². The van der Waals surface area contributed by atoms with E-state index in [1.807, 2.05) is 60.7 Å². The van der Waals surface area contributed by atoms with Crippen LogP contribution >= 0.6 is 11.6 Å². The predicted octanol–water partition coefficient (Wildman–Crippen LogP) is 4.35. The second-order valence-corrected chi connectivity index (χ2v) is 4.35. The number of halogens is 1. The number of hydrogen-bond acceptors (Lipinski definition) is 1. The van der Waals surface area contributed by atoms with Crippen molar-refractivity contribution in [2.45, 2.75) is 11.5 Å². The number of benzene rings is 2. The number of rotatable bonds is 4. The van der Waals surface area contributed by atoms with Gasteiger partial charge in [0.2, 0.25) is 0 Å². The Kier molecular flexibility index (Phi) is 4.18. The van der Waals surface area contributed by atoms with Crippen LogP contribution in [0.5, 0.6) is 0 Å². The van der Waals surface area contributed by atoms with Gasteiger partial charge in [-0.1, -0.05) is 60.7 Å². The van der Waals surface area contributed by atoms with Crippen LogP contribution in [0.15, 0.2) is 60.7 Å². The Labute approximate surface area is 107 Å². The molecule has 0 bridgehead atoms. The normalized spacial score (nSPS) is 14.2. The van der Waals surface area contributed by atoms with E-state index in [1.165, 1.54) is 0 Å². The van der Waals surface area contributed by atoms with Crippen LogP contribution in [-0.4, -0.2) is 7.11 Å². The summed E-state index contributed by atoms with van der Waals surface area (Å²) in [4.78, 5) is 0. The lowest BCUT2D eigenvalue weighted by Crippen LogP contribution is -2.08. The maximum absolute atomic E-state index is 6.48. The third kappa shape index (κ3) is 2.87. The van der Waals surface area contributed by atoms with Gasteiger partial charge in [0.1, 0.15) is 6.10 Å². The minimum absolute atomic E-state index is 0.125. The molecule has 0 aromatic heterocycles. The Morgan fingerprint density at radius 3 is 1.76 bits per heavy atom. The first-order valence-electron chi connectivity index (χ1n) is 5.59. The SMILES string of the molecule is CO[C@H](c1ccccc1)[C@H](Cl)c1ccccc1. The second-order valence-electron chi connectivity index (χ2n) is 3.88. The molecule has 2 heteroatoms. The van der Waals surface area contributed by atoms with Gasteiger partial charge in [-0.25, -0.2) is 0 Å². The molecule has 2 aromatic rings. The largest absolute Gasteiger partial charge is 0.375 e. The highest BCUT2D eigenvalue weighted by molar-refractivity contribution is 6.21. The molecule has 0 spiro atoms. The smallest absolute Gasteiger partial charge is 0.103 e. The standard InChI is InChI=1S/C15H15ClO/c1-17-15(13-10-6-3-7-11-13)14(16)12-8-4-2-5-9-12/h2-11,14-15H,1H3/t14-,15-/m1/s1. The third-order valence-corrected chi connectivity index (χ3v) is 3.25. The van der Waals surface area contributed by atoms with Crippen LogP contribution in [-0.2, 0) is 4.74 Å². The first-order chi connectivity index (χ1) is 8.33. The van der Waals surface area contributed by atoms with Crippen molar-refractivity contribution < 1.29 is 4.74 Å². The average Bonchev–Trinajstić information content (AvgIpc) is 2.42. The quantitative estimate of drug-likeness (QED) is 0.729. The molecule has 0 amide bonds. The summed E-state index contributed by atoms with van der Waals surface area (Å²) in [6.45, 7) is 0. The van der Waals surface area contributed by atoms with Gasteiger partial charge in [0.05, 0.1) is 5.38 Å². The van der Waals surface area contributed by atoms with Crippen molar-refractivity contribution in [3.8, 4) is 0 Å².